The third-order valence-corrected chi connectivity index (χ3v) is 5.26. The first-order valence-corrected chi connectivity index (χ1v) is 10.7. The number of nitrogens with one attached hydrogen (secondary N) is 1. The van der Waals surface area contributed by atoms with Gasteiger partial charge in [0.05, 0.1) is 19.6 Å². The zero-order chi connectivity index (χ0) is 21.9. The monoisotopic (exact) mass is 421 g/mol. The van der Waals surface area contributed by atoms with Gasteiger partial charge in [-0.15, -0.1) is 0 Å². The molecule has 1 amide bonds. The minimum Gasteiger partial charge on any atom is -0.492 e. The van der Waals surface area contributed by atoms with Gasteiger partial charge in [0.25, 0.3) is 0 Å². The van der Waals surface area contributed by atoms with Gasteiger partial charge in [0.15, 0.2) is 0 Å². The number of hydrogen-bond acceptors (Lipinski definition) is 5. The van der Waals surface area contributed by atoms with Gasteiger partial charge in [0.1, 0.15) is 12.4 Å². The Morgan fingerprint density at radius 3 is 2.58 bits per heavy atom. The van der Waals surface area contributed by atoms with Gasteiger partial charge in [-0.25, -0.2) is 0 Å². The minimum atomic E-state index is -0.0555. The van der Waals surface area contributed by atoms with E-state index in [1.807, 2.05) is 49.4 Å². The van der Waals surface area contributed by atoms with Crippen LogP contribution in [0.25, 0.3) is 11.1 Å². The van der Waals surface area contributed by atoms with Crippen LogP contribution in [0.2, 0.25) is 0 Å². The van der Waals surface area contributed by atoms with Gasteiger partial charge < -0.3 is 14.8 Å². The molecule has 1 aliphatic heterocycles. The number of pyridine rings is 1. The molecule has 0 saturated carbocycles. The summed E-state index contributed by atoms with van der Waals surface area (Å²) < 4.78 is 11.2. The average Bonchev–Trinajstić information content (AvgIpc) is 2.81. The maximum Gasteiger partial charge on any atom is 0.226 e. The molecule has 6 heteroatoms. The van der Waals surface area contributed by atoms with E-state index in [2.05, 4.69) is 21.8 Å². The molecule has 1 aromatic heterocycles. The molecule has 1 aromatic carbocycles. The summed E-state index contributed by atoms with van der Waals surface area (Å²) in [7, 11) is 0. The number of rotatable bonds is 10. The highest BCUT2D eigenvalue weighted by atomic mass is 16.5. The quantitative estimate of drug-likeness (QED) is 0.597. The summed E-state index contributed by atoms with van der Waals surface area (Å²) in [6.45, 7) is 11.3. The molecule has 1 aliphatic rings. The van der Waals surface area contributed by atoms with Crippen molar-refractivity contribution in [1.82, 2.24) is 15.2 Å². The highest BCUT2D eigenvalue weighted by Crippen LogP contribution is 2.22. The standard InChI is InChI=1S/C25H31N3O3/c1-3-20(4-2)18-27-25(29)17-23-8-5-22(19-26-23)21-6-9-24(10-7-21)31-16-13-28-11-14-30-15-12-28/h3-10,19H,1,11-18H2,2H3,(H,27,29)/b20-4+. The third-order valence-electron chi connectivity index (χ3n) is 5.26. The zero-order valence-electron chi connectivity index (χ0n) is 18.2. The number of morpholine rings is 1. The first-order valence-electron chi connectivity index (χ1n) is 10.7. The van der Waals surface area contributed by atoms with Gasteiger partial charge in [-0.3, -0.25) is 14.7 Å². The summed E-state index contributed by atoms with van der Waals surface area (Å²) in [5.41, 5.74) is 3.80. The maximum absolute atomic E-state index is 12.1. The van der Waals surface area contributed by atoms with Crippen LogP contribution in [0.3, 0.4) is 0 Å². The van der Waals surface area contributed by atoms with Crippen LogP contribution < -0.4 is 10.1 Å². The Kier molecular flexibility index (Phi) is 8.82. The lowest BCUT2D eigenvalue weighted by Crippen LogP contribution is -2.38. The second kappa shape index (κ2) is 12.0. The Hall–Kier alpha value is -2.96. The van der Waals surface area contributed by atoms with Crippen molar-refractivity contribution in [3.8, 4) is 16.9 Å². The first-order chi connectivity index (χ1) is 15.2. The summed E-state index contributed by atoms with van der Waals surface area (Å²) in [4.78, 5) is 18.9. The van der Waals surface area contributed by atoms with E-state index < -0.39 is 0 Å². The lowest BCUT2D eigenvalue weighted by Gasteiger charge is -2.26. The summed E-state index contributed by atoms with van der Waals surface area (Å²) >= 11 is 0. The number of carbonyl (C=O) groups excluding carboxylic acids is 1. The van der Waals surface area contributed by atoms with E-state index in [1.54, 1.807) is 12.3 Å². The van der Waals surface area contributed by atoms with Crippen LogP contribution in [0.15, 0.2) is 66.9 Å². The second-order valence-corrected chi connectivity index (χ2v) is 7.39. The number of nitrogens with zero attached hydrogens (tertiary/aromatic N) is 2. The van der Waals surface area contributed by atoms with Crippen molar-refractivity contribution < 1.29 is 14.3 Å². The third kappa shape index (κ3) is 7.35. The van der Waals surface area contributed by atoms with Crippen molar-refractivity contribution in [3.05, 3.63) is 72.6 Å². The molecule has 0 bridgehead atoms. The summed E-state index contributed by atoms with van der Waals surface area (Å²) in [6, 6.07) is 11.9. The summed E-state index contributed by atoms with van der Waals surface area (Å²) in [5.74, 6) is 0.804. The normalized spacial score (nSPS) is 14.8. The molecule has 1 N–H and O–H groups in total. The van der Waals surface area contributed by atoms with Crippen LogP contribution in [0.4, 0.5) is 0 Å². The Balaban J connectivity index is 1.46. The Bertz CT molecular complexity index is 870. The fourth-order valence-electron chi connectivity index (χ4n) is 3.28. The van der Waals surface area contributed by atoms with Crippen molar-refractivity contribution in [2.45, 2.75) is 13.3 Å². The van der Waals surface area contributed by atoms with Crippen LogP contribution in [-0.4, -0.2) is 61.8 Å². The van der Waals surface area contributed by atoms with Gasteiger partial charge in [-0.2, -0.15) is 0 Å². The van der Waals surface area contributed by atoms with E-state index in [-0.39, 0.29) is 12.3 Å². The highest BCUT2D eigenvalue weighted by molar-refractivity contribution is 5.78. The van der Waals surface area contributed by atoms with Crippen molar-refractivity contribution in [1.29, 1.82) is 0 Å². The van der Waals surface area contributed by atoms with Crippen LogP contribution in [0.1, 0.15) is 12.6 Å². The first kappa shape index (κ1) is 22.7. The lowest BCUT2D eigenvalue weighted by atomic mass is 10.1. The van der Waals surface area contributed by atoms with Gasteiger partial charge in [0, 0.05) is 43.6 Å². The van der Waals surface area contributed by atoms with E-state index in [0.717, 1.165) is 61.0 Å². The smallest absolute Gasteiger partial charge is 0.226 e. The number of ether oxygens (including phenoxy) is 2. The van der Waals surface area contributed by atoms with E-state index in [1.165, 1.54) is 0 Å². The molecule has 164 valence electrons. The molecule has 0 aliphatic carbocycles. The molecule has 1 fully saturated rings. The van der Waals surface area contributed by atoms with Crippen LogP contribution >= 0.6 is 0 Å². The Morgan fingerprint density at radius 2 is 1.94 bits per heavy atom. The lowest BCUT2D eigenvalue weighted by molar-refractivity contribution is -0.120. The van der Waals surface area contributed by atoms with Crippen molar-refractivity contribution in [2.75, 3.05) is 46.0 Å². The maximum atomic E-state index is 12.1. The van der Waals surface area contributed by atoms with Crippen molar-refractivity contribution >= 4 is 5.91 Å². The summed E-state index contributed by atoms with van der Waals surface area (Å²) in [6.07, 6.45) is 5.73. The number of allylic oxidation sites excluding steroid dienone is 1. The van der Waals surface area contributed by atoms with E-state index >= 15 is 0 Å². The van der Waals surface area contributed by atoms with Crippen LogP contribution in [0, 0.1) is 0 Å². The zero-order valence-corrected chi connectivity index (χ0v) is 18.2. The molecule has 0 spiro atoms. The Morgan fingerprint density at radius 1 is 1.19 bits per heavy atom. The molecule has 2 aromatic rings. The molecule has 0 atom stereocenters. The van der Waals surface area contributed by atoms with Gasteiger partial charge in [0.2, 0.25) is 5.91 Å². The Labute approximate surface area is 184 Å². The van der Waals surface area contributed by atoms with Gasteiger partial charge in [-0.1, -0.05) is 36.9 Å². The van der Waals surface area contributed by atoms with E-state index in [9.17, 15) is 4.79 Å². The molecule has 0 radical (unpaired) electrons. The summed E-state index contributed by atoms with van der Waals surface area (Å²) in [5, 5.41) is 2.88. The number of hydrogen-bond donors (Lipinski definition) is 1. The fraction of sp³-hybridized carbons (Fsp3) is 0.360. The highest BCUT2D eigenvalue weighted by Gasteiger charge is 2.10. The molecule has 3 rings (SSSR count). The SMILES string of the molecule is C=C/C(=C\C)CNC(=O)Cc1ccc(-c2ccc(OCCN3CCOCC3)cc2)cn1. The molecule has 2 heterocycles. The van der Waals surface area contributed by atoms with Crippen molar-refractivity contribution in [3.63, 3.8) is 0 Å². The molecule has 0 unspecified atom stereocenters. The number of carbonyl (C=O) groups is 1. The molecule has 6 nitrogen and oxygen atoms in total. The second-order valence-electron chi connectivity index (χ2n) is 7.39. The molecule has 1 saturated heterocycles. The average molecular weight is 422 g/mol. The van der Waals surface area contributed by atoms with E-state index in [4.69, 9.17) is 9.47 Å². The topological polar surface area (TPSA) is 63.7 Å². The largest absolute Gasteiger partial charge is 0.492 e. The number of benzene rings is 1. The predicted octanol–water partition coefficient (Wildman–Crippen LogP) is 3.25. The van der Waals surface area contributed by atoms with Crippen molar-refractivity contribution in [2.24, 2.45) is 0 Å². The molecular weight excluding hydrogens is 390 g/mol. The van der Waals surface area contributed by atoms with Gasteiger partial charge in [-0.05, 0) is 36.3 Å². The number of aromatic nitrogens is 1. The van der Waals surface area contributed by atoms with Gasteiger partial charge >= 0.3 is 0 Å². The minimum absolute atomic E-state index is 0.0555. The fourth-order valence-corrected chi connectivity index (χ4v) is 3.28. The molecule has 31 heavy (non-hydrogen) atoms. The number of amides is 1. The van der Waals surface area contributed by atoms with Crippen LogP contribution in [-0.2, 0) is 16.0 Å². The predicted molar refractivity (Wildman–Crippen MR) is 123 cm³/mol. The molecular formula is C25H31N3O3. The van der Waals surface area contributed by atoms with E-state index in [0.29, 0.717) is 13.2 Å². The van der Waals surface area contributed by atoms with Crippen LogP contribution in [0.5, 0.6) is 5.75 Å².